The molecule has 2 atom stereocenters. The lowest BCUT2D eigenvalue weighted by Crippen LogP contribution is -2.49. The van der Waals surface area contributed by atoms with Gasteiger partial charge in [0.25, 0.3) is 5.91 Å². The lowest BCUT2D eigenvalue weighted by molar-refractivity contribution is -0.139. The quantitative estimate of drug-likeness (QED) is 0.357. The van der Waals surface area contributed by atoms with Crippen molar-refractivity contribution in [3.8, 4) is 0 Å². The standard InChI is InChI=1S/C28H26N2O2S2/c31-27(30-15-12-24-23(13-17-34-24)26(30)25-11-5-16-33-25)20-8-4-14-29(18-20)28(32)22-10-3-7-19-6-1-2-9-21(19)22/h1-3,5-7,9-11,13,16-17,20,26H,4,8,12,14-15,18H2. The van der Waals surface area contributed by atoms with Crippen molar-refractivity contribution in [3.05, 3.63) is 92.3 Å². The van der Waals surface area contributed by atoms with E-state index in [1.54, 1.807) is 22.7 Å². The van der Waals surface area contributed by atoms with Crippen molar-refractivity contribution in [2.24, 2.45) is 5.92 Å². The zero-order valence-electron chi connectivity index (χ0n) is 18.9. The minimum absolute atomic E-state index is 0.00774. The van der Waals surface area contributed by atoms with Crippen LogP contribution in [0.15, 0.2) is 71.4 Å². The summed E-state index contributed by atoms with van der Waals surface area (Å²) in [5.41, 5.74) is 2.00. The fraction of sp³-hybridized carbons (Fsp3) is 0.286. The molecule has 4 nitrogen and oxygen atoms in total. The monoisotopic (exact) mass is 486 g/mol. The fourth-order valence-corrected chi connectivity index (χ4v) is 7.25. The molecule has 172 valence electrons. The van der Waals surface area contributed by atoms with E-state index >= 15 is 0 Å². The summed E-state index contributed by atoms with van der Waals surface area (Å²) in [5, 5.41) is 6.27. The number of piperidine rings is 1. The van der Waals surface area contributed by atoms with E-state index in [-0.39, 0.29) is 23.8 Å². The second-order valence-corrected chi connectivity index (χ2v) is 11.1. The number of rotatable bonds is 3. The first-order valence-electron chi connectivity index (χ1n) is 11.9. The molecule has 0 radical (unpaired) electrons. The van der Waals surface area contributed by atoms with Crippen LogP contribution in [0.2, 0.25) is 0 Å². The van der Waals surface area contributed by atoms with Gasteiger partial charge in [-0.1, -0.05) is 42.5 Å². The van der Waals surface area contributed by atoms with Crippen LogP contribution in [0.4, 0.5) is 0 Å². The third-order valence-corrected chi connectivity index (χ3v) is 9.06. The van der Waals surface area contributed by atoms with Gasteiger partial charge in [-0.05, 0) is 64.6 Å². The van der Waals surface area contributed by atoms with Crippen LogP contribution >= 0.6 is 22.7 Å². The number of hydrogen-bond donors (Lipinski definition) is 0. The van der Waals surface area contributed by atoms with Gasteiger partial charge in [-0.2, -0.15) is 0 Å². The van der Waals surface area contributed by atoms with Crippen molar-refractivity contribution < 1.29 is 9.59 Å². The molecule has 0 bridgehead atoms. The first-order valence-corrected chi connectivity index (χ1v) is 13.6. The zero-order valence-corrected chi connectivity index (χ0v) is 20.5. The molecule has 0 saturated carbocycles. The second kappa shape index (κ2) is 9.01. The summed E-state index contributed by atoms with van der Waals surface area (Å²) in [4.78, 5) is 34.0. The summed E-state index contributed by atoms with van der Waals surface area (Å²) >= 11 is 3.51. The van der Waals surface area contributed by atoms with E-state index in [4.69, 9.17) is 0 Å². The number of amides is 2. The van der Waals surface area contributed by atoms with Gasteiger partial charge in [0.2, 0.25) is 5.91 Å². The largest absolute Gasteiger partial charge is 0.338 e. The Labute approximate surface area is 207 Å². The van der Waals surface area contributed by atoms with E-state index in [0.29, 0.717) is 13.1 Å². The molecule has 2 amide bonds. The highest BCUT2D eigenvalue weighted by Gasteiger charge is 2.38. The van der Waals surface area contributed by atoms with E-state index in [1.807, 2.05) is 47.4 Å². The maximum Gasteiger partial charge on any atom is 0.254 e. The highest BCUT2D eigenvalue weighted by atomic mass is 32.1. The van der Waals surface area contributed by atoms with Gasteiger partial charge in [0.05, 0.1) is 12.0 Å². The average Bonchev–Trinajstić information content (AvgIpc) is 3.59. The Morgan fingerprint density at radius 2 is 1.76 bits per heavy atom. The SMILES string of the molecule is O=C(c1cccc2ccccc12)N1CCCC(C(=O)N2CCc3sccc3C2c2cccs2)C1. The highest BCUT2D eigenvalue weighted by Crippen LogP contribution is 2.40. The summed E-state index contributed by atoms with van der Waals surface area (Å²) in [6, 6.07) is 20.3. The average molecular weight is 487 g/mol. The Balaban J connectivity index is 1.26. The highest BCUT2D eigenvalue weighted by molar-refractivity contribution is 7.10. The maximum absolute atomic E-state index is 13.9. The van der Waals surface area contributed by atoms with Crippen LogP contribution in [0, 0.1) is 5.92 Å². The van der Waals surface area contributed by atoms with Crippen LogP contribution in [0.3, 0.4) is 0 Å². The van der Waals surface area contributed by atoms with Crippen LogP contribution in [-0.4, -0.2) is 41.2 Å². The maximum atomic E-state index is 13.9. The minimum atomic E-state index is -0.157. The van der Waals surface area contributed by atoms with Crippen LogP contribution in [0.25, 0.3) is 10.8 Å². The van der Waals surface area contributed by atoms with Gasteiger partial charge >= 0.3 is 0 Å². The van der Waals surface area contributed by atoms with Crippen molar-refractivity contribution in [1.29, 1.82) is 0 Å². The molecule has 1 saturated heterocycles. The molecular formula is C28H26N2O2S2. The second-order valence-electron chi connectivity index (χ2n) is 9.12. The zero-order chi connectivity index (χ0) is 23.1. The van der Waals surface area contributed by atoms with Crippen molar-refractivity contribution in [3.63, 3.8) is 0 Å². The summed E-state index contributed by atoms with van der Waals surface area (Å²) in [5.74, 6) is 0.0591. The number of likely N-dealkylation sites (tertiary alicyclic amines) is 1. The Hall–Kier alpha value is -2.96. The molecule has 0 aliphatic carbocycles. The molecule has 2 aliphatic rings. The predicted molar refractivity (Wildman–Crippen MR) is 138 cm³/mol. The molecule has 4 heterocycles. The van der Waals surface area contributed by atoms with E-state index < -0.39 is 0 Å². The Bertz CT molecular complexity index is 1340. The van der Waals surface area contributed by atoms with E-state index in [1.165, 1.54) is 15.3 Å². The van der Waals surface area contributed by atoms with Crippen LogP contribution in [-0.2, 0) is 11.2 Å². The molecule has 2 aliphatic heterocycles. The van der Waals surface area contributed by atoms with Crippen molar-refractivity contribution in [2.45, 2.75) is 25.3 Å². The van der Waals surface area contributed by atoms with Gasteiger partial charge in [0, 0.05) is 35.0 Å². The molecule has 2 unspecified atom stereocenters. The number of carbonyl (C=O) groups is 2. The summed E-state index contributed by atoms with van der Waals surface area (Å²) < 4.78 is 0. The summed E-state index contributed by atoms with van der Waals surface area (Å²) in [7, 11) is 0. The number of benzene rings is 2. The molecule has 6 heteroatoms. The number of fused-ring (bicyclic) bond motifs is 2. The minimum Gasteiger partial charge on any atom is -0.338 e. The van der Waals surface area contributed by atoms with E-state index in [0.717, 1.165) is 42.1 Å². The van der Waals surface area contributed by atoms with Crippen molar-refractivity contribution in [2.75, 3.05) is 19.6 Å². The van der Waals surface area contributed by atoms with Gasteiger partial charge in [-0.3, -0.25) is 9.59 Å². The predicted octanol–water partition coefficient (Wildman–Crippen LogP) is 5.99. The normalized spacial score (nSPS) is 20.4. The lowest BCUT2D eigenvalue weighted by atomic mass is 9.92. The molecule has 6 rings (SSSR count). The van der Waals surface area contributed by atoms with Crippen LogP contribution in [0.5, 0.6) is 0 Å². The first kappa shape index (κ1) is 21.6. The van der Waals surface area contributed by atoms with Crippen LogP contribution in [0.1, 0.15) is 44.6 Å². The molecule has 0 N–H and O–H groups in total. The van der Waals surface area contributed by atoms with Gasteiger partial charge in [-0.15, -0.1) is 22.7 Å². The summed E-state index contributed by atoms with van der Waals surface area (Å²) in [6.07, 6.45) is 2.60. The van der Waals surface area contributed by atoms with E-state index in [2.05, 4.69) is 33.9 Å². The molecule has 4 aromatic rings. The Morgan fingerprint density at radius 1 is 0.882 bits per heavy atom. The van der Waals surface area contributed by atoms with Crippen molar-refractivity contribution >= 4 is 45.3 Å². The molecule has 0 spiro atoms. The fourth-order valence-electron chi connectivity index (χ4n) is 5.49. The van der Waals surface area contributed by atoms with Gasteiger partial charge in [-0.25, -0.2) is 0 Å². The number of thiophene rings is 2. The summed E-state index contributed by atoms with van der Waals surface area (Å²) in [6.45, 7) is 1.93. The molecule has 1 fully saturated rings. The lowest BCUT2D eigenvalue weighted by Gasteiger charge is -2.40. The third-order valence-electron chi connectivity index (χ3n) is 7.14. The Morgan fingerprint density at radius 3 is 2.65 bits per heavy atom. The topological polar surface area (TPSA) is 40.6 Å². The van der Waals surface area contributed by atoms with Gasteiger partial charge in [0.15, 0.2) is 0 Å². The molecule has 2 aromatic carbocycles. The Kier molecular flexibility index (Phi) is 5.71. The van der Waals surface area contributed by atoms with E-state index in [9.17, 15) is 9.59 Å². The molecule has 2 aromatic heterocycles. The molecule has 34 heavy (non-hydrogen) atoms. The van der Waals surface area contributed by atoms with Gasteiger partial charge in [0.1, 0.15) is 0 Å². The van der Waals surface area contributed by atoms with Crippen molar-refractivity contribution in [1.82, 2.24) is 9.80 Å². The number of hydrogen-bond acceptors (Lipinski definition) is 4. The van der Waals surface area contributed by atoms with Gasteiger partial charge < -0.3 is 9.80 Å². The van der Waals surface area contributed by atoms with Crippen LogP contribution < -0.4 is 0 Å². The third kappa shape index (κ3) is 3.75. The number of nitrogens with zero attached hydrogens (tertiary/aromatic N) is 2. The first-order chi connectivity index (χ1) is 16.7. The number of carbonyl (C=O) groups excluding carboxylic acids is 2. The molecular weight excluding hydrogens is 460 g/mol. The smallest absolute Gasteiger partial charge is 0.254 e.